The van der Waals surface area contributed by atoms with Crippen LogP contribution in [0, 0.1) is 25.7 Å². The summed E-state index contributed by atoms with van der Waals surface area (Å²) in [6.45, 7) is 3.91. The third kappa shape index (κ3) is 4.15. The van der Waals surface area contributed by atoms with Crippen molar-refractivity contribution in [1.29, 1.82) is 0 Å². The minimum atomic E-state index is -0.184. The Balaban J connectivity index is 2.13. The molecule has 4 nitrogen and oxygen atoms in total. The van der Waals surface area contributed by atoms with E-state index in [-0.39, 0.29) is 12.5 Å². The van der Waals surface area contributed by atoms with Gasteiger partial charge in [0, 0.05) is 12.6 Å². The van der Waals surface area contributed by atoms with E-state index in [0.29, 0.717) is 17.1 Å². The van der Waals surface area contributed by atoms with E-state index < -0.39 is 0 Å². The first-order valence-electron chi connectivity index (χ1n) is 6.54. The Morgan fingerprint density at radius 2 is 2.24 bits per heavy atom. The molecule has 0 saturated heterocycles. The molecule has 108 valence electrons. The fraction of sp³-hybridized carbons (Fsp3) is 0.250. The summed E-state index contributed by atoms with van der Waals surface area (Å²) in [4.78, 5) is 17.8. The van der Waals surface area contributed by atoms with Crippen LogP contribution < -0.4 is 5.32 Å². The molecular weight excluding hydrogens is 284 g/mol. The predicted molar refractivity (Wildman–Crippen MR) is 84.6 cm³/mol. The van der Waals surface area contributed by atoms with Gasteiger partial charge in [-0.15, -0.1) is 11.3 Å². The Morgan fingerprint density at radius 1 is 1.43 bits per heavy atom. The first-order chi connectivity index (χ1) is 10.1. The molecule has 0 spiro atoms. The lowest BCUT2D eigenvalue weighted by Crippen LogP contribution is -2.11. The van der Waals surface area contributed by atoms with Crippen molar-refractivity contribution < 1.29 is 9.90 Å². The number of nitrogens with zero attached hydrogens (tertiary/aromatic N) is 1. The molecule has 0 aromatic carbocycles. The molecule has 0 radical (unpaired) electrons. The number of amides is 1. The third-order valence-corrected chi connectivity index (χ3v) is 3.89. The fourth-order valence-electron chi connectivity index (χ4n) is 1.70. The largest absolute Gasteiger partial charge is 0.395 e. The molecule has 0 bridgehead atoms. The number of hydrogen-bond acceptors (Lipinski definition) is 4. The van der Waals surface area contributed by atoms with E-state index in [1.807, 2.05) is 32.0 Å². The van der Waals surface area contributed by atoms with Crippen molar-refractivity contribution >= 4 is 23.1 Å². The zero-order chi connectivity index (χ0) is 15.2. The molecule has 0 saturated carbocycles. The van der Waals surface area contributed by atoms with Gasteiger partial charge in [-0.1, -0.05) is 11.8 Å². The zero-order valence-electron chi connectivity index (χ0n) is 11.9. The first-order valence-corrected chi connectivity index (χ1v) is 7.36. The summed E-state index contributed by atoms with van der Waals surface area (Å²) >= 11 is 1.35. The number of aryl methyl sites for hydroxylation is 2. The van der Waals surface area contributed by atoms with Crippen molar-refractivity contribution in [2.75, 3.05) is 11.9 Å². The maximum atomic E-state index is 12.2. The summed E-state index contributed by atoms with van der Waals surface area (Å²) in [5.74, 6) is 6.20. The van der Waals surface area contributed by atoms with Crippen LogP contribution in [0.3, 0.4) is 0 Å². The average Bonchev–Trinajstić information content (AvgIpc) is 2.81. The number of carbonyl (C=O) groups excluding carboxylic acids is 1. The Hall–Kier alpha value is -2.16. The molecule has 2 aromatic heterocycles. The average molecular weight is 300 g/mol. The molecule has 2 N–H and O–H groups in total. The normalized spacial score (nSPS) is 9.86. The van der Waals surface area contributed by atoms with Crippen molar-refractivity contribution in [3.63, 3.8) is 0 Å². The fourth-order valence-corrected chi connectivity index (χ4v) is 2.64. The number of pyridine rings is 1. The van der Waals surface area contributed by atoms with Crippen LogP contribution >= 0.6 is 11.3 Å². The molecule has 2 aromatic rings. The van der Waals surface area contributed by atoms with Crippen LogP contribution in [0.15, 0.2) is 24.4 Å². The Labute approximate surface area is 127 Å². The van der Waals surface area contributed by atoms with Crippen LogP contribution in [0.25, 0.3) is 0 Å². The highest BCUT2D eigenvalue weighted by Crippen LogP contribution is 2.22. The number of carbonyl (C=O) groups is 1. The molecule has 2 heterocycles. The maximum Gasteiger partial charge on any atom is 0.266 e. The van der Waals surface area contributed by atoms with Crippen molar-refractivity contribution in [1.82, 2.24) is 4.98 Å². The van der Waals surface area contributed by atoms with E-state index in [4.69, 9.17) is 5.11 Å². The summed E-state index contributed by atoms with van der Waals surface area (Å²) in [5, 5.41) is 11.5. The Bertz CT molecular complexity index is 711. The van der Waals surface area contributed by atoms with E-state index in [0.717, 1.165) is 16.0 Å². The zero-order valence-corrected chi connectivity index (χ0v) is 12.8. The van der Waals surface area contributed by atoms with Crippen LogP contribution in [0.1, 0.15) is 32.1 Å². The van der Waals surface area contributed by atoms with Crippen molar-refractivity contribution in [3.8, 4) is 11.8 Å². The lowest BCUT2D eigenvalue weighted by molar-refractivity contribution is 0.103. The van der Waals surface area contributed by atoms with Crippen LogP contribution in [0.4, 0.5) is 5.82 Å². The molecular formula is C16H16N2O2S. The summed E-state index contributed by atoms with van der Waals surface area (Å²) in [6, 6.07) is 5.51. The van der Waals surface area contributed by atoms with Crippen molar-refractivity contribution in [3.05, 3.63) is 45.3 Å². The first kappa shape index (κ1) is 15.2. The summed E-state index contributed by atoms with van der Waals surface area (Å²) < 4.78 is 0. The molecule has 0 aliphatic heterocycles. The summed E-state index contributed by atoms with van der Waals surface area (Å²) in [5.41, 5.74) is 2.01. The van der Waals surface area contributed by atoms with Gasteiger partial charge in [-0.2, -0.15) is 0 Å². The standard InChI is InChI=1S/C16H16N2O2S/c1-11-6-7-17-15(9-11)18-16(20)14-10-12(2)13(21-14)5-3-4-8-19/h6-7,9-10,19H,4,8H2,1-2H3,(H,17,18,20). The minimum Gasteiger partial charge on any atom is -0.395 e. The van der Waals surface area contributed by atoms with Crippen LogP contribution in [0.2, 0.25) is 0 Å². The van der Waals surface area contributed by atoms with E-state index in [1.54, 1.807) is 6.20 Å². The molecule has 21 heavy (non-hydrogen) atoms. The number of nitrogens with one attached hydrogen (secondary N) is 1. The van der Waals surface area contributed by atoms with E-state index in [1.165, 1.54) is 11.3 Å². The van der Waals surface area contributed by atoms with Gasteiger partial charge in [0.2, 0.25) is 0 Å². The molecule has 1 amide bonds. The molecule has 0 atom stereocenters. The van der Waals surface area contributed by atoms with Crippen molar-refractivity contribution in [2.24, 2.45) is 0 Å². The number of rotatable bonds is 3. The highest BCUT2D eigenvalue weighted by atomic mass is 32.1. The minimum absolute atomic E-state index is 0.0454. The number of aliphatic hydroxyl groups is 1. The number of thiophene rings is 1. The topological polar surface area (TPSA) is 62.2 Å². The summed E-state index contributed by atoms with van der Waals surface area (Å²) in [7, 11) is 0. The molecule has 0 fully saturated rings. The van der Waals surface area contributed by atoms with Gasteiger partial charge in [0.15, 0.2) is 0 Å². The van der Waals surface area contributed by atoms with Gasteiger partial charge < -0.3 is 10.4 Å². The third-order valence-electron chi connectivity index (χ3n) is 2.74. The Morgan fingerprint density at radius 3 is 2.95 bits per heavy atom. The van der Waals surface area contributed by atoms with Crippen LogP contribution in [0.5, 0.6) is 0 Å². The van der Waals surface area contributed by atoms with Gasteiger partial charge >= 0.3 is 0 Å². The lowest BCUT2D eigenvalue weighted by atomic mass is 10.2. The Kier molecular flexibility index (Phi) is 5.09. The molecule has 0 unspecified atom stereocenters. The van der Waals surface area contributed by atoms with Gasteiger partial charge in [0.1, 0.15) is 5.82 Å². The number of aliphatic hydroxyl groups excluding tert-OH is 1. The predicted octanol–water partition coefficient (Wildman–Crippen LogP) is 2.75. The SMILES string of the molecule is Cc1ccnc(NC(=O)c2cc(C)c(C#CCCO)s2)c1. The van der Waals surface area contributed by atoms with Crippen LogP contribution in [-0.4, -0.2) is 22.6 Å². The monoisotopic (exact) mass is 300 g/mol. The quantitative estimate of drug-likeness (QED) is 0.857. The molecule has 5 heteroatoms. The van der Waals surface area contributed by atoms with Crippen LogP contribution in [-0.2, 0) is 0 Å². The highest BCUT2D eigenvalue weighted by Gasteiger charge is 2.12. The van der Waals surface area contributed by atoms with E-state index in [9.17, 15) is 4.79 Å². The second-order valence-corrected chi connectivity index (χ2v) is 5.62. The second-order valence-electron chi connectivity index (χ2n) is 4.57. The highest BCUT2D eigenvalue weighted by molar-refractivity contribution is 7.14. The molecule has 2 rings (SSSR count). The number of anilines is 1. The second kappa shape index (κ2) is 7.02. The van der Waals surface area contributed by atoms with Gasteiger partial charge in [-0.3, -0.25) is 4.79 Å². The number of aromatic nitrogens is 1. The van der Waals surface area contributed by atoms with E-state index >= 15 is 0 Å². The van der Waals surface area contributed by atoms with Gasteiger partial charge in [0.05, 0.1) is 16.4 Å². The lowest BCUT2D eigenvalue weighted by Gasteiger charge is -2.02. The van der Waals surface area contributed by atoms with Gasteiger partial charge in [0.25, 0.3) is 5.91 Å². The number of hydrogen-bond donors (Lipinski definition) is 2. The van der Waals surface area contributed by atoms with Gasteiger partial charge in [-0.05, 0) is 43.2 Å². The van der Waals surface area contributed by atoms with Gasteiger partial charge in [-0.25, -0.2) is 4.98 Å². The summed E-state index contributed by atoms with van der Waals surface area (Å²) in [6.07, 6.45) is 2.10. The smallest absolute Gasteiger partial charge is 0.266 e. The molecule has 0 aliphatic carbocycles. The maximum absolute atomic E-state index is 12.2. The van der Waals surface area contributed by atoms with E-state index in [2.05, 4.69) is 22.1 Å². The van der Waals surface area contributed by atoms with Crippen molar-refractivity contribution in [2.45, 2.75) is 20.3 Å². The molecule has 0 aliphatic rings.